The van der Waals surface area contributed by atoms with Gasteiger partial charge in [0.15, 0.2) is 0 Å². The minimum Gasteiger partial charge on any atom is -0.339 e. The first-order valence-corrected chi connectivity index (χ1v) is 7.80. The Morgan fingerprint density at radius 2 is 2.00 bits per heavy atom. The van der Waals surface area contributed by atoms with Crippen LogP contribution >= 0.6 is 0 Å². The Morgan fingerprint density at radius 3 is 2.61 bits per heavy atom. The van der Waals surface area contributed by atoms with Crippen LogP contribution < -0.4 is 5.32 Å². The molecular weight excluding hydrogens is 307 g/mol. The van der Waals surface area contributed by atoms with Crippen molar-refractivity contribution in [1.82, 2.24) is 15.1 Å². The van der Waals surface area contributed by atoms with Crippen molar-refractivity contribution in [2.45, 2.75) is 24.9 Å². The summed E-state index contributed by atoms with van der Waals surface area (Å²) in [5.74, 6) is -3.29. The average Bonchev–Trinajstić information content (AvgIpc) is 2.87. The van der Waals surface area contributed by atoms with Crippen molar-refractivity contribution in [3.63, 3.8) is 0 Å². The Labute approximate surface area is 133 Å². The summed E-state index contributed by atoms with van der Waals surface area (Å²) in [4.78, 5) is 16.0. The number of hydrogen-bond acceptors (Lipinski definition) is 3. The molecule has 0 aromatic heterocycles. The summed E-state index contributed by atoms with van der Waals surface area (Å²) in [5, 5.41) is 2.60. The molecule has 126 valence electrons. The predicted molar refractivity (Wildman–Crippen MR) is 79.6 cm³/mol. The predicted octanol–water partition coefficient (Wildman–Crippen LogP) is 1.47. The molecule has 4 nitrogen and oxygen atoms in total. The van der Waals surface area contributed by atoms with Crippen LogP contribution in [-0.2, 0) is 11.3 Å². The third-order valence-corrected chi connectivity index (χ3v) is 4.39. The number of rotatable bonds is 3. The van der Waals surface area contributed by atoms with Crippen LogP contribution in [0, 0.1) is 5.82 Å². The lowest BCUT2D eigenvalue weighted by atomic mass is 10.1. The summed E-state index contributed by atoms with van der Waals surface area (Å²) in [5.41, 5.74) is 0.891. The highest BCUT2D eigenvalue weighted by molar-refractivity contribution is 5.82. The van der Waals surface area contributed by atoms with Gasteiger partial charge in [0.1, 0.15) is 5.82 Å². The maximum Gasteiger partial charge on any atom is 0.262 e. The molecule has 2 saturated heterocycles. The van der Waals surface area contributed by atoms with Gasteiger partial charge in [-0.1, -0.05) is 12.1 Å². The van der Waals surface area contributed by atoms with Gasteiger partial charge in [-0.05, 0) is 17.7 Å². The number of benzene rings is 1. The second kappa shape index (κ2) is 6.49. The number of piperazine rings is 1. The molecule has 2 aliphatic rings. The first-order chi connectivity index (χ1) is 10.9. The summed E-state index contributed by atoms with van der Waals surface area (Å²) in [6.45, 7) is 2.54. The van der Waals surface area contributed by atoms with E-state index in [1.165, 1.54) is 12.1 Å². The van der Waals surface area contributed by atoms with E-state index in [1.54, 1.807) is 11.0 Å². The van der Waals surface area contributed by atoms with Crippen molar-refractivity contribution in [3.05, 3.63) is 35.6 Å². The Morgan fingerprint density at radius 1 is 1.26 bits per heavy atom. The van der Waals surface area contributed by atoms with Crippen LogP contribution in [0.2, 0.25) is 0 Å². The van der Waals surface area contributed by atoms with Crippen molar-refractivity contribution in [1.29, 1.82) is 0 Å². The SMILES string of the molecule is O=C(C1CC(F)(F)CN1)N1CCN(Cc2cccc(F)c2)CC1. The number of amides is 1. The topological polar surface area (TPSA) is 35.6 Å². The number of hydrogen-bond donors (Lipinski definition) is 1. The largest absolute Gasteiger partial charge is 0.339 e. The summed E-state index contributed by atoms with van der Waals surface area (Å²) >= 11 is 0. The molecule has 1 atom stereocenters. The number of alkyl halides is 2. The fraction of sp³-hybridized carbons (Fsp3) is 0.562. The molecule has 2 fully saturated rings. The van der Waals surface area contributed by atoms with Crippen LogP contribution in [0.15, 0.2) is 24.3 Å². The van der Waals surface area contributed by atoms with Crippen molar-refractivity contribution in [3.8, 4) is 0 Å². The highest BCUT2D eigenvalue weighted by atomic mass is 19.3. The van der Waals surface area contributed by atoms with Gasteiger partial charge in [-0.15, -0.1) is 0 Å². The van der Waals surface area contributed by atoms with E-state index >= 15 is 0 Å². The van der Waals surface area contributed by atoms with Gasteiger partial charge in [0, 0.05) is 39.1 Å². The summed E-state index contributed by atoms with van der Waals surface area (Å²) in [6.07, 6.45) is -0.421. The smallest absolute Gasteiger partial charge is 0.262 e. The van der Waals surface area contributed by atoms with Crippen LogP contribution in [-0.4, -0.2) is 60.4 Å². The second-order valence-corrected chi connectivity index (χ2v) is 6.22. The fourth-order valence-electron chi connectivity index (χ4n) is 3.13. The zero-order chi connectivity index (χ0) is 16.4. The number of nitrogens with one attached hydrogen (secondary N) is 1. The molecule has 0 bridgehead atoms. The molecule has 1 unspecified atom stereocenters. The minimum absolute atomic E-state index is 0.243. The van der Waals surface area contributed by atoms with E-state index < -0.39 is 24.9 Å². The van der Waals surface area contributed by atoms with E-state index in [0.717, 1.165) is 5.56 Å². The molecule has 23 heavy (non-hydrogen) atoms. The van der Waals surface area contributed by atoms with Gasteiger partial charge < -0.3 is 4.90 Å². The van der Waals surface area contributed by atoms with E-state index in [-0.39, 0.29) is 11.7 Å². The first kappa shape index (κ1) is 16.3. The van der Waals surface area contributed by atoms with Crippen LogP contribution in [0.4, 0.5) is 13.2 Å². The van der Waals surface area contributed by atoms with Gasteiger partial charge in [0.25, 0.3) is 5.92 Å². The van der Waals surface area contributed by atoms with Crippen LogP contribution in [0.5, 0.6) is 0 Å². The molecule has 0 saturated carbocycles. The minimum atomic E-state index is -2.79. The molecule has 1 aromatic rings. The molecule has 2 heterocycles. The first-order valence-electron chi connectivity index (χ1n) is 7.80. The lowest BCUT2D eigenvalue weighted by molar-refractivity contribution is -0.135. The number of carbonyl (C=O) groups excluding carboxylic acids is 1. The summed E-state index contributed by atoms with van der Waals surface area (Å²) in [6, 6.07) is 5.67. The van der Waals surface area contributed by atoms with Gasteiger partial charge >= 0.3 is 0 Å². The highest BCUT2D eigenvalue weighted by Gasteiger charge is 2.43. The number of carbonyl (C=O) groups is 1. The maximum atomic E-state index is 13.2. The third kappa shape index (κ3) is 4.03. The van der Waals surface area contributed by atoms with Crippen molar-refractivity contribution < 1.29 is 18.0 Å². The second-order valence-electron chi connectivity index (χ2n) is 6.22. The van der Waals surface area contributed by atoms with Crippen LogP contribution in [0.25, 0.3) is 0 Å². The van der Waals surface area contributed by atoms with Crippen LogP contribution in [0.3, 0.4) is 0 Å². The molecular formula is C16H20F3N3O. The summed E-state index contributed by atoms with van der Waals surface area (Å²) < 4.78 is 39.6. The Hall–Kier alpha value is -1.60. The van der Waals surface area contributed by atoms with Gasteiger partial charge in [-0.2, -0.15) is 0 Å². The molecule has 1 N–H and O–H groups in total. The van der Waals surface area contributed by atoms with Gasteiger partial charge in [-0.3, -0.25) is 15.0 Å². The van der Waals surface area contributed by atoms with Crippen molar-refractivity contribution in [2.24, 2.45) is 0 Å². The fourth-order valence-corrected chi connectivity index (χ4v) is 3.13. The third-order valence-electron chi connectivity index (χ3n) is 4.39. The monoisotopic (exact) mass is 327 g/mol. The molecule has 1 amide bonds. The van der Waals surface area contributed by atoms with E-state index in [1.807, 2.05) is 6.07 Å². The average molecular weight is 327 g/mol. The van der Waals surface area contributed by atoms with Crippen LogP contribution in [0.1, 0.15) is 12.0 Å². The molecule has 0 radical (unpaired) electrons. The lowest BCUT2D eigenvalue weighted by Gasteiger charge is -2.36. The molecule has 1 aromatic carbocycles. The van der Waals surface area contributed by atoms with Crippen molar-refractivity contribution >= 4 is 5.91 Å². The van der Waals surface area contributed by atoms with Gasteiger partial charge in [0.2, 0.25) is 5.91 Å². The van der Waals surface area contributed by atoms with E-state index in [4.69, 9.17) is 0 Å². The Bertz CT molecular complexity index is 573. The van der Waals surface area contributed by atoms with E-state index in [0.29, 0.717) is 32.7 Å². The maximum absolute atomic E-state index is 13.2. The highest BCUT2D eigenvalue weighted by Crippen LogP contribution is 2.26. The molecule has 2 aliphatic heterocycles. The molecule has 3 rings (SSSR count). The normalized spacial score (nSPS) is 24.8. The van der Waals surface area contributed by atoms with Gasteiger partial charge in [0.05, 0.1) is 12.6 Å². The van der Waals surface area contributed by atoms with Crippen molar-refractivity contribution in [2.75, 3.05) is 32.7 Å². The standard InChI is InChI=1S/C16H20F3N3O/c17-13-3-1-2-12(8-13)10-21-4-6-22(7-5-21)15(23)14-9-16(18,19)11-20-14/h1-3,8,14,20H,4-7,9-11H2. The Balaban J connectivity index is 1.49. The molecule has 0 aliphatic carbocycles. The summed E-state index contributed by atoms with van der Waals surface area (Å²) in [7, 11) is 0. The zero-order valence-electron chi connectivity index (χ0n) is 12.8. The number of nitrogens with zero attached hydrogens (tertiary/aromatic N) is 2. The molecule has 7 heteroatoms. The van der Waals surface area contributed by atoms with E-state index in [2.05, 4.69) is 10.2 Å². The lowest BCUT2D eigenvalue weighted by Crippen LogP contribution is -2.52. The van der Waals surface area contributed by atoms with E-state index in [9.17, 15) is 18.0 Å². The number of halogens is 3. The zero-order valence-corrected chi connectivity index (χ0v) is 12.8. The molecule has 0 spiro atoms. The van der Waals surface area contributed by atoms with Gasteiger partial charge in [-0.25, -0.2) is 13.2 Å². The quantitative estimate of drug-likeness (QED) is 0.913. The Kier molecular flexibility index (Phi) is 4.59.